The normalized spacial score (nSPS) is 8.86. The van der Waals surface area contributed by atoms with Crippen molar-refractivity contribution < 1.29 is 9.53 Å². The van der Waals surface area contributed by atoms with E-state index in [9.17, 15) is 4.79 Å². The van der Waals surface area contributed by atoms with Gasteiger partial charge in [0.2, 0.25) is 0 Å². The van der Waals surface area contributed by atoms with Gasteiger partial charge in [-0.3, -0.25) is 4.79 Å². The molecule has 0 rings (SSSR count). The molecule has 0 atom stereocenters. The maximum absolute atomic E-state index is 11.2. The Morgan fingerprint density at radius 3 is 1.86 bits per heavy atom. The van der Waals surface area contributed by atoms with Crippen molar-refractivity contribution in [1.82, 2.24) is 0 Å². The van der Waals surface area contributed by atoms with Crippen LogP contribution in [0, 0.1) is 5.41 Å². The molecule has 0 spiro atoms. The average Bonchev–Trinajstić information content (AvgIpc) is 2.00. The average molecular weight is 206 g/mol. The van der Waals surface area contributed by atoms with Crippen LogP contribution >= 0.6 is 0 Å². The number of esters is 1. The van der Waals surface area contributed by atoms with Crippen LogP contribution in [0.25, 0.3) is 0 Å². The van der Waals surface area contributed by atoms with E-state index < -0.39 is 0 Å². The van der Waals surface area contributed by atoms with Gasteiger partial charge in [-0.25, -0.2) is 0 Å². The van der Waals surface area contributed by atoms with Crippen molar-refractivity contribution in [3.8, 4) is 0 Å². The third kappa shape index (κ3) is 8.09. The molecule has 0 aliphatic carbocycles. The molecule has 0 N–H and O–H groups in total. The number of hydrogen-bond acceptors (Lipinski definition) is 2. The Morgan fingerprint density at radius 1 is 1.14 bits per heavy atom. The minimum atomic E-state index is -0.310. The second kappa shape index (κ2) is 10.6. The van der Waals surface area contributed by atoms with Gasteiger partial charge in [-0.15, -0.1) is 0 Å². The predicted molar refractivity (Wildman–Crippen MR) is 65.5 cm³/mol. The third-order valence-electron chi connectivity index (χ3n) is 1.87. The van der Waals surface area contributed by atoms with E-state index in [1.807, 2.05) is 27.7 Å². The number of rotatable bonds is 4. The standard InChI is InChI=1S/C9H18O2.3CH4/c1-5-7-11-8(10)9(3,4)6-2;;;/h5-7H2,1-4H3;3*1H4. The SMILES string of the molecule is C.C.C.CCCOC(=O)C(C)(C)CC. The largest absolute Gasteiger partial charge is 0.465 e. The van der Waals surface area contributed by atoms with Gasteiger partial charge in [0.05, 0.1) is 12.0 Å². The van der Waals surface area contributed by atoms with Crippen LogP contribution in [-0.4, -0.2) is 12.6 Å². The summed E-state index contributed by atoms with van der Waals surface area (Å²) >= 11 is 0. The summed E-state index contributed by atoms with van der Waals surface area (Å²) in [6.07, 6.45) is 1.72. The Kier molecular flexibility index (Phi) is 17.6. The fourth-order valence-electron chi connectivity index (χ4n) is 0.534. The Hall–Kier alpha value is -0.530. The molecule has 0 saturated carbocycles. The van der Waals surface area contributed by atoms with E-state index in [0.717, 1.165) is 12.8 Å². The molecule has 0 aromatic carbocycles. The third-order valence-corrected chi connectivity index (χ3v) is 1.87. The molecule has 0 heterocycles. The lowest BCUT2D eigenvalue weighted by Crippen LogP contribution is -2.25. The van der Waals surface area contributed by atoms with E-state index in [1.165, 1.54) is 0 Å². The number of carbonyl (C=O) groups excluding carboxylic acids is 1. The fourth-order valence-corrected chi connectivity index (χ4v) is 0.534. The quantitative estimate of drug-likeness (QED) is 0.642. The smallest absolute Gasteiger partial charge is 0.311 e. The molecule has 0 amide bonds. The lowest BCUT2D eigenvalue weighted by Gasteiger charge is -2.19. The maximum Gasteiger partial charge on any atom is 0.311 e. The minimum Gasteiger partial charge on any atom is -0.465 e. The Bertz CT molecular complexity index is 128. The molecule has 2 heteroatoms. The summed E-state index contributed by atoms with van der Waals surface area (Å²) in [7, 11) is 0. The highest BCUT2D eigenvalue weighted by Gasteiger charge is 2.26. The van der Waals surface area contributed by atoms with Gasteiger partial charge in [0.25, 0.3) is 0 Å². The molecule has 0 saturated heterocycles. The molecule has 14 heavy (non-hydrogen) atoms. The Balaban J connectivity index is -0.000000167. The maximum atomic E-state index is 11.2. The molecular weight excluding hydrogens is 176 g/mol. The molecule has 0 bridgehead atoms. The van der Waals surface area contributed by atoms with Crippen LogP contribution in [0.5, 0.6) is 0 Å². The first-order valence-electron chi connectivity index (χ1n) is 4.21. The monoisotopic (exact) mass is 206 g/mol. The van der Waals surface area contributed by atoms with Crippen LogP contribution in [0.2, 0.25) is 0 Å². The highest BCUT2D eigenvalue weighted by atomic mass is 16.5. The zero-order valence-corrected chi connectivity index (χ0v) is 7.94. The van der Waals surface area contributed by atoms with Gasteiger partial charge in [-0.1, -0.05) is 36.1 Å². The molecule has 0 aromatic rings. The molecule has 0 radical (unpaired) electrons. The minimum absolute atomic E-state index is 0. The van der Waals surface area contributed by atoms with Gasteiger partial charge >= 0.3 is 5.97 Å². The molecule has 0 aromatic heterocycles. The molecule has 0 aliphatic heterocycles. The van der Waals surface area contributed by atoms with Gasteiger partial charge in [-0.05, 0) is 26.7 Å². The Morgan fingerprint density at radius 2 is 1.57 bits per heavy atom. The summed E-state index contributed by atoms with van der Waals surface area (Å²) in [6, 6.07) is 0. The highest BCUT2D eigenvalue weighted by Crippen LogP contribution is 2.21. The van der Waals surface area contributed by atoms with Gasteiger partial charge < -0.3 is 4.74 Å². The second-order valence-electron chi connectivity index (χ2n) is 3.37. The first kappa shape index (κ1) is 23.4. The molecule has 0 unspecified atom stereocenters. The zero-order valence-electron chi connectivity index (χ0n) is 7.94. The first-order valence-corrected chi connectivity index (χ1v) is 4.21. The van der Waals surface area contributed by atoms with Crippen LogP contribution in [0.1, 0.15) is 62.8 Å². The molecule has 0 aliphatic rings. The topological polar surface area (TPSA) is 26.3 Å². The van der Waals surface area contributed by atoms with E-state index in [1.54, 1.807) is 0 Å². The summed E-state index contributed by atoms with van der Waals surface area (Å²) in [4.78, 5) is 11.2. The van der Waals surface area contributed by atoms with E-state index in [2.05, 4.69) is 0 Å². The predicted octanol–water partition coefficient (Wildman–Crippen LogP) is 4.28. The van der Waals surface area contributed by atoms with Gasteiger partial charge in [0.15, 0.2) is 0 Å². The van der Waals surface area contributed by atoms with Crippen LogP contribution in [0.4, 0.5) is 0 Å². The van der Waals surface area contributed by atoms with E-state index in [4.69, 9.17) is 4.74 Å². The van der Waals surface area contributed by atoms with Gasteiger partial charge in [0.1, 0.15) is 0 Å². The highest BCUT2D eigenvalue weighted by molar-refractivity contribution is 5.75. The van der Waals surface area contributed by atoms with E-state index in [0.29, 0.717) is 6.61 Å². The van der Waals surface area contributed by atoms with Crippen LogP contribution < -0.4 is 0 Å². The van der Waals surface area contributed by atoms with Crippen molar-refractivity contribution >= 4 is 5.97 Å². The second-order valence-corrected chi connectivity index (χ2v) is 3.37. The molecule has 90 valence electrons. The van der Waals surface area contributed by atoms with Crippen molar-refractivity contribution in [2.45, 2.75) is 62.8 Å². The summed E-state index contributed by atoms with van der Waals surface area (Å²) < 4.78 is 5.01. The van der Waals surface area contributed by atoms with E-state index in [-0.39, 0.29) is 33.7 Å². The molecule has 2 nitrogen and oxygen atoms in total. The van der Waals surface area contributed by atoms with E-state index >= 15 is 0 Å². The van der Waals surface area contributed by atoms with Crippen molar-refractivity contribution in [1.29, 1.82) is 0 Å². The first-order chi connectivity index (χ1) is 5.04. The van der Waals surface area contributed by atoms with Crippen molar-refractivity contribution in [3.63, 3.8) is 0 Å². The number of carbonyl (C=O) groups is 1. The zero-order chi connectivity index (χ0) is 8.91. The number of ether oxygens (including phenoxy) is 1. The Labute approximate surface area is 91.0 Å². The van der Waals surface area contributed by atoms with Crippen LogP contribution in [0.3, 0.4) is 0 Å². The van der Waals surface area contributed by atoms with Gasteiger partial charge in [-0.2, -0.15) is 0 Å². The lowest BCUT2D eigenvalue weighted by molar-refractivity contribution is -0.154. The van der Waals surface area contributed by atoms with Crippen molar-refractivity contribution in [2.24, 2.45) is 5.41 Å². The van der Waals surface area contributed by atoms with Crippen LogP contribution in [0.15, 0.2) is 0 Å². The number of hydrogen-bond donors (Lipinski definition) is 0. The molecule has 0 fully saturated rings. The van der Waals surface area contributed by atoms with Crippen LogP contribution in [-0.2, 0) is 9.53 Å². The fraction of sp³-hybridized carbons (Fsp3) is 0.917. The summed E-state index contributed by atoms with van der Waals surface area (Å²) in [5, 5.41) is 0. The summed E-state index contributed by atoms with van der Waals surface area (Å²) in [6.45, 7) is 8.34. The lowest BCUT2D eigenvalue weighted by atomic mass is 9.91. The molecular formula is C12H30O2. The summed E-state index contributed by atoms with van der Waals surface area (Å²) in [5.74, 6) is -0.0816. The van der Waals surface area contributed by atoms with Gasteiger partial charge in [0, 0.05) is 0 Å². The van der Waals surface area contributed by atoms with Crippen molar-refractivity contribution in [3.05, 3.63) is 0 Å². The summed E-state index contributed by atoms with van der Waals surface area (Å²) in [5.41, 5.74) is -0.310. The van der Waals surface area contributed by atoms with Crippen molar-refractivity contribution in [2.75, 3.05) is 6.61 Å².